The van der Waals surface area contributed by atoms with Crippen molar-refractivity contribution in [1.29, 1.82) is 0 Å². The lowest BCUT2D eigenvalue weighted by molar-refractivity contribution is -0.893. The second-order valence-corrected chi connectivity index (χ2v) is 18.2. The number of rotatable bonds is 39. The number of nitrogens with zero attached hydrogens (tertiary/aromatic N) is 2. The van der Waals surface area contributed by atoms with Crippen molar-refractivity contribution in [3.8, 4) is 0 Å². The zero-order valence-corrected chi connectivity index (χ0v) is 36.3. The highest BCUT2D eigenvalue weighted by Crippen LogP contribution is 2.43. The molecule has 3 atom stereocenters. The van der Waals surface area contributed by atoms with Crippen molar-refractivity contribution in [3.63, 3.8) is 0 Å². The number of amides is 1. The number of phosphoric ester groups is 1. The summed E-state index contributed by atoms with van der Waals surface area (Å²) in [4.78, 5) is 22.4. The van der Waals surface area contributed by atoms with Crippen LogP contribution in [0.4, 0.5) is 0 Å². The van der Waals surface area contributed by atoms with Crippen LogP contribution in [-0.4, -0.2) is 123 Å². The summed E-state index contributed by atoms with van der Waals surface area (Å²) in [5.41, 5.74) is 1.08. The van der Waals surface area contributed by atoms with Gasteiger partial charge >= 0.3 is 7.82 Å². The van der Waals surface area contributed by atoms with Crippen LogP contribution in [0.5, 0.6) is 0 Å². The van der Waals surface area contributed by atoms with Crippen molar-refractivity contribution in [1.82, 2.24) is 10.6 Å². The number of aliphatic hydroxyl groups is 2. The SMILES string of the molecule is C=C(CCCCCCCCCCC)NCCC[N+](C)(C)CC(O)COP(=O)(O)OCC(O)C[N+](C)(C)CCCNC(=O)CCCCCCCCCCC. The van der Waals surface area contributed by atoms with Gasteiger partial charge in [0.15, 0.2) is 0 Å². The zero-order chi connectivity index (χ0) is 39.9. The van der Waals surface area contributed by atoms with Gasteiger partial charge in [0.25, 0.3) is 0 Å². The van der Waals surface area contributed by atoms with Crippen molar-refractivity contribution in [2.75, 3.05) is 80.7 Å². The highest BCUT2D eigenvalue weighted by atomic mass is 31.2. The highest BCUT2D eigenvalue weighted by Gasteiger charge is 2.29. The Hall–Kier alpha value is -1.04. The van der Waals surface area contributed by atoms with Gasteiger partial charge in [-0.1, -0.05) is 123 Å². The van der Waals surface area contributed by atoms with Crippen molar-refractivity contribution < 1.29 is 42.5 Å². The minimum absolute atomic E-state index is 0.0898. The second-order valence-electron chi connectivity index (χ2n) is 16.8. The van der Waals surface area contributed by atoms with Gasteiger partial charge in [-0.15, -0.1) is 0 Å². The molecule has 0 spiro atoms. The van der Waals surface area contributed by atoms with Crippen molar-refractivity contribution >= 4 is 13.7 Å². The number of quaternary nitrogens is 2. The Morgan fingerprint density at radius 1 is 0.604 bits per heavy atom. The number of allylic oxidation sites excluding steroid dienone is 1. The van der Waals surface area contributed by atoms with Gasteiger partial charge in [-0.05, 0) is 19.3 Å². The smallest absolute Gasteiger partial charge is 0.389 e. The maximum absolute atomic E-state index is 12.5. The summed E-state index contributed by atoms with van der Waals surface area (Å²) < 4.78 is 23.6. The van der Waals surface area contributed by atoms with Gasteiger partial charge in [0.1, 0.15) is 25.3 Å². The first-order valence-corrected chi connectivity index (χ1v) is 22.9. The maximum Gasteiger partial charge on any atom is 0.472 e. The zero-order valence-electron chi connectivity index (χ0n) is 35.4. The first kappa shape index (κ1) is 52.0. The van der Waals surface area contributed by atoms with Gasteiger partial charge in [0, 0.05) is 38.0 Å². The first-order valence-electron chi connectivity index (χ1n) is 21.4. The van der Waals surface area contributed by atoms with E-state index in [2.05, 4.69) is 31.1 Å². The number of hydrogen-bond donors (Lipinski definition) is 5. The summed E-state index contributed by atoms with van der Waals surface area (Å²) in [6, 6.07) is 0. The monoisotopic (exact) mass is 779 g/mol. The van der Waals surface area contributed by atoms with Crippen LogP contribution in [0.3, 0.4) is 0 Å². The Balaban J connectivity index is 4.06. The average Bonchev–Trinajstić information content (AvgIpc) is 3.08. The lowest BCUT2D eigenvalue weighted by Crippen LogP contribution is -2.48. The Morgan fingerprint density at radius 3 is 1.38 bits per heavy atom. The van der Waals surface area contributed by atoms with Crippen LogP contribution >= 0.6 is 7.82 Å². The molecule has 53 heavy (non-hydrogen) atoms. The molecule has 0 saturated carbocycles. The van der Waals surface area contributed by atoms with Crippen molar-refractivity contribution in [2.45, 2.75) is 167 Å². The molecule has 3 unspecified atom stereocenters. The van der Waals surface area contributed by atoms with Crippen LogP contribution in [0.25, 0.3) is 0 Å². The van der Waals surface area contributed by atoms with E-state index >= 15 is 0 Å². The van der Waals surface area contributed by atoms with Gasteiger partial charge in [-0.2, -0.15) is 0 Å². The molecule has 0 aliphatic rings. The summed E-state index contributed by atoms with van der Waals surface area (Å²) in [5.74, 6) is 0.0898. The van der Waals surface area contributed by atoms with Gasteiger partial charge in [0.05, 0.1) is 54.5 Å². The molecule has 0 saturated heterocycles. The number of aliphatic hydroxyl groups excluding tert-OH is 2. The third-order valence-corrected chi connectivity index (χ3v) is 10.9. The molecule has 0 aromatic heterocycles. The number of unbranched alkanes of at least 4 members (excludes halogenated alkanes) is 16. The summed E-state index contributed by atoms with van der Waals surface area (Å²) in [6.45, 7) is 11.5. The van der Waals surface area contributed by atoms with E-state index in [0.29, 0.717) is 41.6 Å². The van der Waals surface area contributed by atoms with Crippen LogP contribution in [-0.2, 0) is 18.4 Å². The number of hydrogen-bond acceptors (Lipinski definition) is 7. The van der Waals surface area contributed by atoms with Crippen LogP contribution in [0.1, 0.15) is 155 Å². The molecule has 12 heteroatoms. The van der Waals surface area contributed by atoms with Gasteiger partial charge < -0.3 is 34.7 Å². The quantitative estimate of drug-likeness (QED) is 0.0242. The molecule has 316 valence electrons. The van der Waals surface area contributed by atoms with E-state index in [1.165, 1.54) is 103 Å². The highest BCUT2D eigenvalue weighted by molar-refractivity contribution is 7.47. The summed E-state index contributed by atoms with van der Waals surface area (Å²) in [5, 5.41) is 27.5. The minimum Gasteiger partial charge on any atom is -0.389 e. The van der Waals surface area contributed by atoms with E-state index in [-0.39, 0.29) is 19.1 Å². The lowest BCUT2D eigenvalue weighted by atomic mass is 10.1. The summed E-state index contributed by atoms with van der Waals surface area (Å²) in [6.07, 6.45) is 24.1. The van der Waals surface area contributed by atoms with E-state index in [9.17, 15) is 24.5 Å². The Morgan fingerprint density at radius 2 is 0.962 bits per heavy atom. The average molecular weight is 779 g/mol. The third kappa shape index (κ3) is 35.1. The van der Waals surface area contributed by atoms with E-state index in [4.69, 9.17) is 9.05 Å². The van der Waals surface area contributed by atoms with E-state index < -0.39 is 20.0 Å². The Kier molecular flexibility index (Phi) is 31.5. The molecule has 5 N–H and O–H groups in total. The molecule has 0 fully saturated rings. The standard InChI is InChI=1S/C41H85N4O7P/c1-8-10-12-14-16-18-20-22-24-28-38(3)42-30-26-32-44(4,5)34-39(46)36-51-53(49,50)52-37-40(47)35-45(6,7)33-27-31-43-41(48)29-25-23-21-19-17-15-13-11-9-2/h39-40,42,46-47H,3,8-37H2,1-2,4-7H3/p+2. The normalized spacial score (nSPS) is 14.5. The molecule has 1 amide bonds. The van der Waals surface area contributed by atoms with Crippen molar-refractivity contribution in [3.05, 3.63) is 12.3 Å². The molecule has 0 aliphatic heterocycles. The van der Waals surface area contributed by atoms with Gasteiger partial charge in [0.2, 0.25) is 5.91 Å². The predicted molar refractivity (Wildman–Crippen MR) is 221 cm³/mol. The van der Waals surface area contributed by atoms with E-state index in [1.54, 1.807) is 0 Å². The van der Waals surface area contributed by atoms with Crippen LogP contribution in [0.15, 0.2) is 12.3 Å². The molecule has 0 heterocycles. The van der Waals surface area contributed by atoms with Crippen LogP contribution < -0.4 is 10.6 Å². The first-order chi connectivity index (χ1) is 25.1. The Bertz CT molecular complexity index is 883. The van der Waals surface area contributed by atoms with E-state index in [0.717, 1.165) is 50.9 Å². The van der Waals surface area contributed by atoms with Crippen molar-refractivity contribution in [2.24, 2.45) is 0 Å². The lowest BCUT2D eigenvalue weighted by Gasteiger charge is -2.32. The molecular formula is C41H87N4O7P+2. The molecule has 0 radical (unpaired) electrons. The fourth-order valence-electron chi connectivity index (χ4n) is 6.76. The molecule has 0 rings (SSSR count). The molecule has 0 aromatic rings. The fourth-order valence-corrected chi connectivity index (χ4v) is 7.55. The summed E-state index contributed by atoms with van der Waals surface area (Å²) >= 11 is 0. The van der Waals surface area contributed by atoms with Crippen LogP contribution in [0, 0.1) is 0 Å². The fraction of sp³-hybridized carbons (Fsp3) is 0.927. The minimum atomic E-state index is -4.45. The maximum atomic E-state index is 12.5. The Labute approximate surface area is 326 Å². The largest absolute Gasteiger partial charge is 0.472 e. The number of phosphoric acid groups is 1. The molecular weight excluding hydrogens is 691 g/mol. The van der Waals surface area contributed by atoms with E-state index in [1.807, 2.05) is 28.2 Å². The number of carbonyl (C=O) groups excluding carboxylic acids is 1. The second kappa shape index (κ2) is 32.1. The number of likely N-dealkylation sites (N-methyl/N-ethyl adjacent to an activating group) is 2. The third-order valence-electron chi connectivity index (χ3n) is 9.94. The topological polar surface area (TPSA) is 137 Å². The van der Waals surface area contributed by atoms with Gasteiger partial charge in [-0.3, -0.25) is 13.8 Å². The molecule has 11 nitrogen and oxygen atoms in total. The molecule has 0 bridgehead atoms. The molecule has 0 aliphatic carbocycles. The summed E-state index contributed by atoms with van der Waals surface area (Å²) in [7, 11) is 3.50. The number of nitrogens with one attached hydrogen (secondary N) is 2. The number of carbonyl (C=O) groups is 1. The van der Waals surface area contributed by atoms with Crippen LogP contribution in [0.2, 0.25) is 0 Å². The van der Waals surface area contributed by atoms with Gasteiger partial charge in [-0.25, -0.2) is 4.57 Å². The molecule has 0 aromatic carbocycles. The predicted octanol–water partition coefficient (Wildman–Crippen LogP) is 7.84.